The molecule has 0 saturated carbocycles. The molecule has 0 atom stereocenters. The lowest BCUT2D eigenvalue weighted by atomic mass is 10.2. The zero-order valence-corrected chi connectivity index (χ0v) is 17.0. The first-order chi connectivity index (χ1) is 14.0. The number of sulfonamides is 1. The lowest BCUT2D eigenvalue weighted by molar-refractivity contribution is 0.591. The minimum Gasteiger partial charge on any atom is -0.265 e. The molecular formula is C22H18ClN3O2S. The molecule has 3 rings (SSSR count). The number of nitriles is 1. The van der Waals surface area contributed by atoms with Gasteiger partial charge in [0.2, 0.25) is 0 Å². The highest BCUT2D eigenvalue weighted by Gasteiger charge is 2.24. The van der Waals surface area contributed by atoms with Crippen LogP contribution in [0.15, 0.2) is 88.8 Å². The molecule has 0 radical (unpaired) electrons. The molecule has 3 aromatic carbocycles. The van der Waals surface area contributed by atoms with Crippen LogP contribution in [0, 0.1) is 11.3 Å². The van der Waals surface area contributed by atoms with Gasteiger partial charge in [0.25, 0.3) is 10.0 Å². The number of hydrogen-bond acceptors (Lipinski definition) is 4. The third kappa shape index (κ3) is 5.02. The van der Waals surface area contributed by atoms with Crippen LogP contribution in [0.2, 0.25) is 5.02 Å². The van der Waals surface area contributed by atoms with Crippen molar-refractivity contribution in [3.63, 3.8) is 0 Å². The Hall–Kier alpha value is -3.14. The van der Waals surface area contributed by atoms with Crippen molar-refractivity contribution < 1.29 is 8.42 Å². The van der Waals surface area contributed by atoms with Crippen molar-refractivity contribution in [1.82, 2.24) is 0 Å². The van der Waals surface area contributed by atoms with Gasteiger partial charge >= 0.3 is 0 Å². The molecule has 0 fully saturated rings. The van der Waals surface area contributed by atoms with E-state index < -0.39 is 10.0 Å². The second-order valence-electron chi connectivity index (χ2n) is 6.10. The summed E-state index contributed by atoms with van der Waals surface area (Å²) in [6.07, 6.45) is 1.75. The highest BCUT2D eigenvalue weighted by molar-refractivity contribution is 7.92. The molecule has 0 heterocycles. The quantitative estimate of drug-likeness (QED) is 0.490. The highest BCUT2D eigenvalue weighted by Crippen LogP contribution is 2.25. The van der Waals surface area contributed by atoms with Gasteiger partial charge in [0.05, 0.1) is 33.8 Å². The van der Waals surface area contributed by atoms with E-state index in [4.69, 9.17) is 16.9 Å². The molecule has 0 bridgehead atoms. The van der Waals surface area contributed by atoms with Gasteiger partial charge in [-0.15, -0.1) is 0 Å². The number of nitrogens with zero attached hydrogens (tertiary/aromatic N) is 3. The van der Waals surface area contributed by atoms with Crippen molar-refractivity contribution in [1.29, 1.82) is 5.26 Å². The van der Waals surface area contributed by atoms with E-state index in [0.29, 0.717) is 16.4 Å². The van der Waals surface area contributed by atoms with Crippen molar-refractivity contribution in [2.45, 2.75) is 11.3 Å². The number of benzene rings is 3. The summed E-state index contributed by atoms with van der Waals surface area (Å²) in [6.45, 7) is 0.0702. The summed E-state index contributed by atoms with van der Waals surface area (Å²) in [7, 11) is -3.77. The normalized spacial score (nSPS) is 11.3. The minimum atomic E-state index is -3.77. The molecular weight excluding hydrogens is 406 g/mol. The van der Waals surface area contributed by atoms with Crippen molar-refractivity contribution in [2.24, 2.45) is 4.99 Å². The van der Waals surface area contributed by atoms with Gasteiger partial charge in [-0.25, -0.2) is 8.42 Å². The van der Waals surface area contributed by atoms with E-state index in [0.717, 1.165) is 5.56 Å². The zero-order valence-electron chi connectivity index (χ0n) is 15.4. The predicted molar refractivity (Wildman–Crippen MR) is 116 cm³/mol. The molecule has 0 amide bonds. The van der Waals surface area contributed by atoms with Crippen LogP contribution in [0.1, 0.15) is 12.0 Å². The van der Waals surface area contributed by atoms with Crippen LogP contribution in [0.5, 0.6) is 0 Å². The fourth-order valence-electron chi connectivity index (χ4n) is 2.69. The monoisotopic (exact) mass is 423 g/mol. The van der Waals surface area contributed by atoms with E-state index in [1.165, 1.54) is 4.31 Å². The Labute approximate surface area is 175 Å². The van der Waals surface area contributed by atoms with Gasteiger partial charge in [0, 0.05) is 12.8 Å². The van der Waals surface area contributed by atoms with E-state index in [-0.39, 0.29) is 17.9 Å². The fraction of sp³-hybridized carbons (Fsp3) is 0.0909. The molecule has 0 aliphatic rings. The number of aliphatic imine (C=N–C) groups is 1. The van der Waals surface area contributed by atoms with Gasteiger partial charge in [0.15, 0.2) is 0 Å². The topological polar surface area (TPSA) is 73.5 Å². The van der Waals surface area contributed by atoms with E-state index >= 15 is 0 Å². The number of halogens is 1. The van der Waals surface area contributed by atoms with Gasteiger partial charge in [-0.1, -0.05) is 54.1 Å². The Morgan fingerprint density at radius 2 is 1.62 bits per heavy atom. The number of anilines is 1. The van der Waals surface area contributed by atoms with E-state index in [2.05, 4.69) is 4.99 Å². The third-order valence-corrected chi connectivity index (χ3v) is 6.31. The van der Waals surface area contributed by atoms with Crippen molar-refractivity contribution in [2.75, 3.05) is 10.8 Å². The second kappa shape index (κ2) is 9.37. The van der Waals surface area contributed by atoms with Crippen molar-refractivity contribution in [3.8, 4) is 6.07 Å². The maximum atomic E-state index is 13.0. The van der Waals surface area contributed by atoms with Gasteiger partial charge in [-0.3, -0.25) is 9.30 Å². The summed E-state index contributed by atoms with van der Waals surface area (Å²) in [5.41, 5.74) is 1.94. The van der Waals surface area contributed by atoms with Crippen LogP contribution in [-0.2, 0) is 10.0 Å². The SMILES string of the molecule is N#CCCN(c1ccc(C=Nc2ccccc2Cl)cc1)S(=O)(=O)c1ccccc1. The molecule has 0 saturated heterocycles. The van der Waals surface area contributed by atoms with Gasteiger partial charge in [-0.05, 0) is 42.0 Å². The first-order valence-electron chi connectivity index (χ1n) is 8.86. The van der Waals surface area contributed by atoms with Crippen LogP contribution < -0.4 is 4.31 Å². The molecule has 146 valence electrons. The summed E-state index contributed by atoms with van der Waals surface area (Å²) in [6, 6.07) is 24.4. The zero-order chi connectivity index (χ0) is 20.7. The lowest BCUT2D eigenvalue weighted by Gasteiger charge is -2.23. The molecule has 7 heteroatoms. The number of rotatable bonds is 7. The molecule has 0 N–H and O–H groups in total. The molecule has 29 heavy (non-hydrogen) atoms. The summed E-state index contributed by atoms with van der Waals surface area (Å²) in [4.78, 5) is 4.55. The first-order valence-corrected chi connectivity index (χ1v) is 10.7. The third-order valence-electron chi connectivity index (χ3n) is 4.14. The summed E-state index contributed by atoms with van der Waals surface area (Å²) in [5.74, 6) is 0. The van der Waals surface area contributed by atoms with Gasteiger partial charge in [0.1, 0.15) is 0 Å². The second-order valence-corrected chi connectivity index (χ2v) is 8.37. The minimum absolute atomic E-state index is 0.0702. The molecule has 0 aliphatic heterocycles. The molecule has 0 aromatic heterocycles. The Morgan fingerprint density at radius 1 is 0.966 bits per heavy atom. The Balaban J connectivity index is 1.88. The summed E-state index contributed by atoms with van der Waals surface area (Å²) in [5, 5.41) is 9.50. The smallest absolute Gasteiger partial charge is 0.264 e. The van der Waals surface area contributed by atoms with E-state index in [1.54, 1.807) is 66.9 Å². The van der Waals surface area contributed by atoms with Crippen LogP contribution in [0.3, 0.4) is 0 Å². The average molecular weight is 424 g/mol. The predicted octanol–water partition coefficient (Wildman–Crippen LogP) is 5.20. The number of para-hydroxylation sites is 1. The van der Waals surface area contributed by atoms with Crippen molar-refractivity contribution >= 4 is 39.2 Å². The summed E-state index contributed by atoms with van der Waals surface area (Å²) >= 11 is 6.10. The maximum absolute atomic E-state index is 13.0. The average Bonchev–Trinajstić information content (AvgIpc) is 2.75. The van der Waals surface area contributed by atoms with Crippen LogP contribution >= 0.6 is 11.6 Å². The number of hydrogen-bond donors (Lipinski definition) is 0. The van der Waals surface area contributed by atoms with Crippen molar-refractivity contribution in [3.05, 3.63) is 89.4 Å². The lowest BCUT2D eigenvalue weighted by Crippen LogP contribution is -2.31. The fourth-order valence-corrected chi connectivity index (χ4v) is 4.36. The molecule has 3 aromatic rings. The molecule has 0 aliphatic carbocycles. The molecule has 0 unspecified atom stereocenters. The van der Waals surface area contributed by atoms with Gasteiger partial charge < -0.3 is 0 Å². The standard InChI is InChI=1S/C22H18ClN3O2S/c23-21-9-4-5-10-22(21)25-17-18-11-13-19(14-12-18)26(16-6-15-24)29(27,28)20-7-2-1-3-8-20/h1-5,7-14,17H,6,16H2. The highest BCUT2D eigenvalue weighted by atomic mass is 35.5. The van der Waals surface area contributed by atoms with E-state index in [9.17, 15) is 8.42 Å². The first kappa shape index (κ1) is 20.6. The maximum Gasteiger partial charge on any atom is 0.264 e. The molecule has 0 spiro atoms. The Morgan fingerprint density at radius 3 is 2.28 bits per heavy atom. The van der Waals surface area contributed by atoms with E-state index in [1.807, 2.05) is 24.3 Å². The summed E-state index contributed by atoms with van der Waals surface area (Å²) < 4.78 is 27.3. The van der Waals surface area contributed by atoms with Crippen LogP contribution in [0.25, 0.3) is 0 Å². The Bertz CT molecular complexity index is 1140. The van der Waals surface area contributed by atoms with Gasteiger partial charge in [-0.2, -0.15) is 5.26 Å². The van der Waals surface area contributed by atoms with Crippen LogP contribution in [-0.4, -0.2) is 21.2 Å². The molecule has 5 nitrogen and oxygen atoms in total. The van der Waals surface area contributed by atoms with Crippen LogP contribution in [0.4, 0.5) is 11.4 Å². The largest absolute Gasteiger partial charge is 0.265 e. The Kier molecular flexibility index (Phi) is 6.65.